The van der Waals surface area contributed by atoms with Crippen molar-refractivity contribution in [2.24, 2.45) is 0 Å². The first-order valence-corrected chi connectivity index (χ1v) is 22.1. The highest BCUT2D eigenvalue weighted by atomic mass is 16.3. The zero-order valence-corrected chi connectivity index (χ0v) is 35.3. The number of furan rings is 2. The first-order chi connectivity index (χ1) is 32.2. The van der Waals surface area contributed by atoms with Gasteiger partial charge in [-0.3, -0.25) is 0 Å². The highest BCUT2D eigenvalue weighted by Gasteiger charge is 2.22. The molecule has 0 radical (unpaired) electrons. The van der Waals surface area contributed by atoms with Gasteiger partial charge in [0.15, 0.2) is 0 Å². The second-order valence-electron chi connectivity index (χ2n) is 16.8. The lowest BCUT2D eigenvalue weighted by Crippen LogP contribution is -2.09. The molecule has 11 aromatic carbocycles. The fraction of sp³-hybridized carbons (Fsp3) is 0. The summed E-state index contributed by atoms with van der Waals surface area (Å²) in [4.78, 5) is 2.34. The minimum Gasteiger partial charge on any atom is -0.456 e. The minimum absolute atomic E-state index is 0.838. The molecule has 0 fully saturated rings. The van der Waals surface area contributed by atoms with Gasteiger partial charge in [-0.2, -0.15) is 0 Å². The molecule has 0 saturated heterocycles. The molecule has 0 aliphatic carbocycles. The van der Waals surface area contributed by atoms with Crippen LogP contribution in [-0.4, -0.2) is 0 Å². The van der Waals surface area contributed by atoms with Gasteiger partial charge in [-0.05, 0) is 133 Å². The predicted octanol–water partition coefficient (Wildman–Crippen LogP) is 17.9. The molecule has 0 aliphatic heterocycles. The van der Waals surface area contributed by atoms with Crippen LogP contribution in [0.15, 0.2) is 245 Å². The Morgan fingerprint density at radius 2 is 0.723 bits per heavy atom. The largest absolute Gasteiger partial charge is 0.456 e. The van der Waals surface area contributed by atoms with E-state index in [0.717, 1.165) is 83.2 Å². The third-order valence-corrected chi connectivity index (χ3v) is 13.1. The molecule has 0 amide bonds. The molecule has 304 valence electrons. The van der Waals surface area contributed by atoms with Crippen LogP contribution in [0, 0.1) is 0 Å². The van der Waals surface area contributed by atoms with E-state index in [0.29, 0.717) is 0 Å². The van der Waals surface area contributed by atoms with E-state index in [2.05, 4.69) is 223 Å². The normalized spacial score (nSPS) is 11.7. The van der Waals surface area contributed by atoms with Crippen LogP contribution in [0.1, 0.15) is 0 Å². The van der Waals surface area contributed by atoms with Crippen molar-refractivity contribution in [2.75, 3.05) is 4.90 Å². The lowest BCUT2D eigenvalue weighted by Gasteiger charge is -2.26. The number of para-hydroxylation sites is 1. The molecule has 2 aromatic heterocycles. The van der Waals surface area contributed by atoms with Crippen LogP contribution in [0.5, 0.6) is 0 Å². The van der Waals surface area contributed by atoms with E-state index in [-0.39, 0.29) is 0 Å². The van der Waals surface area contributed by atoms with Gasteiger partial charge in [-0.15, -0.1) is 0 Å². The molecule has 0 unspecified atom stereocenters. The maximum Gasteiger partial charge on any atom is 0.143 e. The molecule has 2 heterocycles. The number of benzene rings is 11. The van der Waals surface area contributed by atoms with Crippen LogP contribution < -0.4 is 4.90 Å². The van der Waals surface area contributed by atoms with E-state index in [9.17, 15) is 0 Å². The summed E-state index contributed by atoms with van der Waals surface area (Å²) in [5, 5.41) is 9.11. The van der Waals surface area contributed by atoms with Gasteiger partial charge in [0.2, 0.25) is 0 Å². The summed E-state index contributed by atoms with van der Waals surface area (Å²) >= 11 is 0. The Kier molecular flexibility index (Phi) is 8.53. The Hall–Kier alpha value is -8.66. The Bertz CT molecular complexity index is 3820. The average molecular weight is 830 g/mol. The molecule has 0 atom stereocenters. The van der Waals surface area contributed by atoms with Crippen molar-refractivity contribution in [1.82, 2.24) is 0 Å². The summed E-state index contributed by atoms with van der Waals surface area (Å²) in [6.45, 7) is 0. The summed E-state index contributed by atoms with van der Waals surface area (Å²) in [6, 6.07) is 84.6. The van der Waals surface area contributed by atoms with Crippen LogP contribution >= 0.6 is 0 Å². The Morgan fingerprint density at radius 3 is 1.34 bits per heavy atom. The number of hydrogen-bond donors (Lipinski definition) is 0. The molecule has 13 aromatic rings. The highest BCUT2D eigenvalue weighted by Crippen LogP contribution is 2.47. The van der Waals surface area contributed by atoms with E-state index in [4.69, 9.17) is 8.83 Å². The van der Waals surface area contributed by atoms with Crippen molar-refractivity contribution < 1.29 is 8.83 Å². The van der Waals surface area contributed by atoms with E-state index >= 15 is 0 Å². The van der Waals surface area contributed by atoms with Gasteiger partial charge < -0.3 is 13.7 Å². The lowest BCUT2D eigenvalue weighted by atomic mass is 9.90. The van der Waals surface area contributed by atoms with E-state index < -0.39 is 0 Å². The summed E-state index contributed by atoms with van der Waals surface area (Å²) in [7, 11) is 0. The third kappa shape index (κ3) is 6.20. The molecule has 13 rings (SSSR count). The van der Waals surface area contributed by atoms with Gasteiger partial charge in [0.05, 0.1) is 0 Å². The fourth-order valence-corrected chi connectivity index (χ4v) is 9.95. The molecule has 3 nitrogen and oxygen atoms in total. The van der Waals surface area contributed by atoms with Crippen LogP contribution in [0.2, 0.25) is 0 Å². The zero-order chi connectivity index (χ0) is 42.8. The zero-order valence-electron chi connectivity index (χ0n) is 35.3. The topological polar surface area (TPSA) is 29.5 Å². The van der Waals surface area contributed by atoms with Gasteiger partial charge in [-0.25, -0.2) is 0 Å². The molecule has 3 heteroatoms. The predicted molar refractivity (Wildman–Crippen MR) is 272 cm³/mol. The first-order valence-electron chi connectivity index (χ1n) is 22.1. The maximum absolute atomic E-state index is 6.99. The average Bonchev–Trinajstić information content (AvgIpc) is 3.95. The Balaban J connectivity index is 0.999. The Labute approximate surface area is 375 Å². The summed E-state index contributed by atoms with van der Waals surface area (Å²) in [6.07, 6.45) is 0. The second kappa shape index (κ2) is 15.0. The standard InChI is InChI=1S/C62H39NO2/c1-3-13-40(14-4-1)42-23-29-47(30-24-42)63(48-31-25-43(26-32-48)41-15-5-2-6-16-41)49-33-27-44(28-34-49)46-38-55(54-37-45-17-7-8-18-50(45)51-19-9-10-20-52(51)54)62-56(39-46)61-59(65-62)36-35-58-60(61)53-21-11-12-22-57(53)64-58/h1-39H. The number of hydrogen-bond acceptors (Lipinski definition) is 3. The van der Waals surface area contributed by atoms with Crippen LogP contribution in [-0.2, 0) is 0 Å². The van der Waals surface area contributed by atoms with Crippen LogP contribution in [0.4, 0.5) is 17.1 Å². The minimum atomic E-state index is 0.838. The van der Waals surface area contributed by atoms with E-state index in [1.807, 2.05) is 18.2 Å². The Morgan fingerprint density at radius 1 is 0.262 bits per heavy atom. The van der Waals surface area contributed by atoms with Gasteiger partial charge in [-0.1, -0.05) is 164 Å². The highest BCUT2D eigenvalue weighted by molar-refractivity contribution is 6.28. The number of anilines is 3. The summed E-state index contributed by atoms with van der Waals surface area (Å²) in [5.41, 5.74) is 15.8. The van der Waals surface area contributed by atoms with E-state index in [1.165, 1.54) is 43.8 Å². The van der Waals surface area contributed by atoms with Crippen molar-refractivity contribution in [3.05, 3.63) is 237 Å². The second-order valence-corrected chi connectivity index (χ2v) is 16.8. The van der Waals surface area contributed by atoms with Gasteiger partial charge in [0.1, 0.15) is 22.3 Å². The third-order valence-electron chi connectivity index (χ3n) is 13.1. The smallest absolute Gasteiger partial charge is 0.143 e. The quantitative estimate of drug-likeness (QED) is 0.150. The first kappa shape index (κ1) is 36.9. The monoisotopic (exact) mass is 829 g/mol. The molecular weight excluding hydrogens is 791 g/mol. The molecule has 65 heavy (non-hydrogen) atoms. The molecule has 0 bridgehead atoms. The molecule has 0 saturated carbocycles. The van der Waals surface area contributed by atoms with Gasteiger partial charge >= 0.3 is 0 Å². The lowest BCUT2D eigenvalue weighted by molar-refractivity contribution is 0.663. The van der Waals surface area contributed by atoms with Crippen LogP contribution in [0.3, 0.4) is 0 Å². The molecule has 0 spiro atoms. The number of rotatable bonds is 7. The van der Waals surface area contributed by atoms with Crippen molar-refractivity contribution >= 4 is 82.5 Å². The number of nitrogens with zero attached hydrogens (tertiary/aromatic N) is 1. The van der Waals surface area contributed by atoms with Crippen molar-refractivity contribution in [1.29, 1.82) is 0 Å². The molecule has 0 N–H and O–H groups in total. The summed E-state index contributed by atoms with van der Waals surface area (Å²) < 4.78 is 13.4. The van der Waals surface area contributed by atoms with Gasteiger partial charge in [0, 0.05) is 44.2 Å². The molecular formula is C62H39NO2. The van der Waals surface area contributed by atoms with Crippen molar-refractivity contribution in [3.63, 3.8) is 0 Å². The summed E-state index contributed by atoms with van der Waals surface area (Å²) in [5.74, 6) is 0. The number of fused-ring (bicyclic) bond motifs is 10. The van der Waals surface area contributed by atoms with Crippen LogP contribution in [0.25, 0.3) is 110 Å². The van der Waals surface area contributed by atoms with Crippen molar-refractivity contribution in [3.8, 4) is 44.5 Å². The van der Waals surface area contributed by atoms with Crippen molar-refractivity contribution in [2.45, 2.75) is 0 Å². The fourth-order valence-electron chi connectivity index (χ4n) is 9.95. The SMILES string of the molecule is c1ccc(-c2ccc(N(c3ccc(-c4ccccc4)cc3)c3ccc(-c4cc(-c5cc6ccccc6c6ccccc56)c5oc6ccc7oc8ccccc8c7c6c5c4)cc3)cc2)cc1. The van der Waals surface area contributed by atoms with E-state index in [1.54, 1.807) is 0 Å². The van der Waals surface area contributed by atoms with Gasteiger partial charge in [0.25, 0.3) is 0 Å². The maximum atomic E-state index is 6.99. The molecule has 0 aliphatic rings.